The minimum atomic E-state index is -0.285. The Labute approximate surface area is 168 Å². The van der Waals surface area contributed by atoms with E-state index in [2.05, 4.69) is 29.4 Å². The molecule has 0 saturated carbocycles. The third kappa shape index (κ3) is 4.33. The van der Waals surface area contributed by atoms with Crippen molar-refractivity contribution < 1.29 is 14.0 Å². The molecule has 3 aromatic carbocycles. The smallest absolute Gasteiger partial charge is 0.224 e. The summed E-state index contributed by atoms with van der Waals surface area (Å²) in [6.07, 6.45) is 2.86. The molecule has 142 valence electrons. The Morgan fingerprint density at radius 2 is 1.62 bits per heavy atom. The number of furan rings is 1. The van der Waals surface area contributed by atoms with E-state index in [-0.39, 0.29) is 11.5 Å². The average Bonchev–Trinajstić information content (AvgIpc) is 3.31. The number of fused-ring (bicyclic) bond motifs is 1. The third-order valence-electron chi connectivity index (χ3n) is 4.53. The maximum absolute atomic E-state index is 12.5. The monoisotopic (exact) mass is 381 g/mol. The largest absolute Gasteiger partial charge is 0.461 e. The topological polar surface area (TPSA) is 51.8 Å². The van der Waals surface area contributed by atoms with Gasteiger partial charge in [-0.3, -0.25) is 4.79 Å². The highest BCUT2D eigenvalue weighted by Crippen LogP contribution is 2.20. The lowest BCUT2D eigenvalue weighted by Gasteiger charge is -2.07. The van der Waals surface area contributed by atoms with Crippen LogP contribution < -0.4 is 0 Å². The van der Waals surface area contributed by atoms with Crippen molar-refractivity contribution in [3.8, 4) is 0 Å². The van der Waals surface area contributed by atoms with Gasteiger partial charge in [-0.1, -0.05) is 71.9 Å². The standard InChI is InChI=1S/C25H19NO3/c1-18(21-14-13-19-8-5-6-11-22(19)16-21)26-29-25(20-9-3-2-4-10-20)17-23(27)24-12-7-15-28-24/h2-17H,1H3/b25-17+,26-18+. The molecule has 4 nitrogen and oxygen atoms in total. The first-order valence-corrected chi connectivity index (χ1v) is 9.26. The van der Waals surface area contributed by atoms with Crippen LogP contribution in [0.15, 0.2) is 107 Å². The molecule has 0 fully saturated rings. The van der Waals surface area contributed by atoms with E-state index in [0.29, 0.717) is 11.5 Å². The van der Waals surface area contributed by atoms with Crippen LogP contribution in [0, 0.1) is 0 Å². The van der Waals surface area contributed by atoms with Gasteiger partial charge < -0.3 is 9.25 Å². The number of hydrogen-bond acceptors (Lipinski definition) is 4. The van der Waals surface area contributed by atoms with Gasteiger partial charge in [0.2, 0.25) is 5.78 Å². The fourth-order valence-electron chi connectivity index (χ4n) is 2.96. The SMILES string of the molecule is C/C(=N\O/C(=C/C(=O)c1ccco1)c1ccccc1)c1ccc2ccccc2c1. The van der Waals surface area contributed by atoms with Gasteiger partial charge in [-0.15, -0.1) is 0 Å². The van der Waals surface area contributed by atoms with Gasteiger partial charge in [0.1, 0.15) is 0 Å². The van der Waals surface area contributed by atoms with E-state index >= 15 is 0 Å². The lowest BCUT2D eigenvalue weighted by atomic mass is 10.0. The maximum atomic E-state index is 12.5. The van der Waals surface area contributed by atoms with E-state index in [9.17, 15) is 4.79 Å². The Balaban J connectivity index is 1.63. The van der Waals surface area contributed by atoms with E-state index in [1.54, 1.807) is 12.1 Å². The molecule has 1 aromatic heterocycles. The van der Waals surface area contributed by atoms with Crippen molar-refractivity contribution in [3.63, 3.8) is 0 Å². The number of ketones is 1. The van der Waals surface area contributed by atoms with E-state index in [4.69, 9.17) is 9.25 Å². The molecule has 4 heteroatoms. The van der Waals surface area contributed by atoms with Gasteiger partial charge in [0.25, 0.3) is 0 Å². The highest BCUT2D eigenvalue weighted by atomic mass is 16.6. The fourth-order valence-corrected chi connectivity index (χ4v) is 2.96. The van der Waals surface area contributed by atoms with Crippen molar-refractivity contribution in [1.29, 1.82) is 0 Å². The molecule has 0 bridgehead atoms. The molecule has 0 aliphatic carbocycles. The first kappa shape index (κ1) is 18.4. The van der Waals surface area contributed by atoms with Gasteiger partial charge in [0.05, 0.1) is 12.0 Å². The van der Waals surface area contributed by atoms with Gasteiger partial charge in [0.15, 0.2) is 11.5 Å². The Kier molecular flexibility index (Phi) is 5.34. The summed E-state index contributed by atoms with van der Waals surface area (Å²) in [5, 5.41) is 6.57. The summed E-state index contributed by atoms with van der Waals surface area (Å²) in [6.45, 7) is 1.88. The predicted octanol–water partition coefficient (Wildman–Crippen LogP) is 6.10. The van der Waals surface area contributed by atoms with Gasteiger partial charge in [-0.25, -0.2) is 0 Å². The molecule has 0 atom stereocenters. The summed E-state index contributed by atoms with van der Waals surface area (Å²) in [5.41, 5.74) is 2.42. The Morgan fingerprint density at radius 3 is 2.38 bits per heavy atom. The predicted molar refractivity (Wildman–Crippen MR) is 115 cm³/mol. The number of allylic oxidation sites excluding steroid dienone is 1. The van der Waals surface area contributed by atoms with E-state index in [1.807, 2.05) is 55.5 Å². The first-order valence-electron chi connectivity index (χ1n) is 9.26. The van der Waals surface area contributed by atoms with Crippen LogP contribution in [-0.4, -0.2) is 11.5 Å². The number of nitrogens with zero attached hydrogens (tertiary/aromatic N) is 1. The van der Waals surface area contributed by atoms with Crippen molar-refractivity contribution in [2.45, 2.75) is 6.92 Å². The fraction of sp³-hybridized carbons (Fsp3) is 0.0400. The molecular weight excluding hydrogens is 362 g/mol. The second kappa shape index (κ2) is 8.40. The van der Waals surface area contributed by atoms with Crippen molar-refractivity contribution in [2.24, 2.45) is 5.16 Å². The molecule has 0 aliphatic rings. The lowest BCUT2D eigenvalue weighted by Crippen LogP contribution is -1.99. The Hall–Kier alpha value is -3.92. The van der Waals surface area contributed by atoms with Crippen LogP contribution >= 0.6 is 0 Å². The Bertz CT molecular complexity index is 1190. The highest BCUT2D eigenvalue weighted by Gasteiger charge is 2.11. The molecule has 0 aliphatic heterocycles. The summed E-state index contributed by atoms with van der Waals surface area (Å²) in [5.74, 6) is 0.316. The quantitative estimate of drug-likeness (QED) is 0.133. The maximum Gasteiger partial charge on any atom is 0.224 e. The molecule has 0 N–H and O–H groups in total. The summed E-state index contributed by atoms with van der Waals surface area (Å²) in [4.78, 5) is 18.2. The normalized spacial score (nSPS) is 12.2. The molecule has 0 unspecified atom stereocenters. The van der Waals surface area contributed by atoms with Crippen LogP contribution in [0.4, 0.5) is 0 Å². The summed E-state index contributed by atoms with van der Waals surface area (Å²) >= 11 is 0. The van der Waals surface area contributed by atoms with Crippen LogP contribution in [0.1, 0.15) is 28.6 Å². The molecule has 1 heterocycles. The van der Waals surface area contributed by atoms with Crippen LogP contribution in [0.3, 0.4) is 0 Å². The van der Waals surface area contributed by atoms with Crippen molar-refractivity contribution >= 4 is 28.0 Å². The van der Waals surface area contributed by atoms with Crippen molar-refractivity contribution in [3.05, 3.63) is 114 Å². The number of benzene rings is 3. The van der Waals surface area contributed by atoms with Crippen LogP contribution in [0.2, 0.25) is 0 Å². The van der Waals surface area contributed by atoms with E-state index in [1.165, 1.54) is 17.7 Å². The molecule has 0 saturated heterocycles. The Morgan fingerprint density at radius 1 is 0.862 bits per heavy atom. The lowest BCUT2D eigenvalue weighted by molar-refractivity contribution is 0.101. The molecule has 4 rings (SSSR count). The zero-order valence-corrected chi connectivity index (χ0v) is 15.9. The van der Waals surface area contributed by atoms with Crippen molar-refractivity contribution in [1.82, 2.24) is 0 Å². The van der Waals surface area contributed by atoms with Gasteiger partial charge in [-0.05, 0) is 41.5 Å². The number of carbonyl (C=O) groups is 1. The summed E-state index contributed by atoms with van der Waals surface area (Å²) in [6, 6.07) is 26.9. The summed E-state index contributed by atoms with van der Waals surface area (Å²) in [7, 11) is 0. The minimum absolute atomic E-state index is 0.247. The van der Waals surface area contributed by atoms with Gasteiger partial charge in [-0.2, -0.15) is 0 Å². The summed E-state index contributed by atoms with van der Waals surface area (Å²) < 4.78 is 5.18. The zero-order valence-electron chi connectivity index (χ0n) is 15.9. The van der Waals surface area contributed by atoms with Crippen molar-refractivity contribution in [2.75, 3.05) is 0 Å². The second-order valence-electron chi connectivity index (χ2n) is 6.55. The first-order chi connectivity index (χ1) is 14.2. The molecule has 29 heavy (non-hydrogen) atoms. The molecule has 4 aromatic rings. The van der Waals surface area contributed by atoms with Crippen LogP contribution in [-0.2, 0) is 4.84 Å². The molecule has 0 spiro atoms. The molecule has 0 amide bonds. The third-order valence-corrected chi connectivity index (χ3v) is 4.53. The minimum Gasteiger partial charge on any atom is -0.461 e. The molecular formula is C25H19NO3. The number of oxime groups is 1. The van der Waals surface area contributed by atoms with E-state index < -0.39 is 0 Å². The molecule has 0 radical (unpaired) electrons. The van der Waals surface area contributed by atoms with Gasteiger partial charge >= 0.3 is 0 Å². The number of hydrogen-bond donors (Lipinski definition) is 0. The highest BCUT2D eigenvalue weighted by molar-refractivity contribution is 6.06. The second-order valence-corrected chi connectivity index (χ2v) is 6.55. The van der Waals surface area contributed by atoms with E-state index in [0.717, 1.165) is 16.5 Å². The van der Waals surface area contributed by atoms with Crippen LogP contribution in [0.5, 0.6) is 0 Å². The zero-order chi connectivity index (χ0) is 20.1. The number of carbonyl (C=O) groups excluding carboxylic acids is 1. The van der Waals surface area contributed by atoms with Crippen LogP contribution in [0.25, 0.3) is 16.5 Å². The number of rotatable bonds is 6. The van der Waals surface area contributed by atoms with Gasteiger partial charge in [0, 0.05) is 11.6 Å². The average molecular weight is 381 g/mol.